The lowest BCUT2D eigenvalue weighted by molar-refractivity contribution is -0.384. The second-order valence-electron chi connectivity index (χ2n) is 7.18. The van der Waals surface area contributed by atoms with Gasteiger partial charge in [-0.3, -0.25) is 14.3 Å². The Morgan fingerprint density at radius 1 is 1.22 bits per heavy atom. The van der Waals surface area contributed by atoms with Crippen LogP contribution in [-0.2, 0) is 40.4 Å². The average molecular weight is 496 g/mol. The van der Waals surface area contributed by atoms with Crippen LogP contribution < -0.4 is 4.72 Å². The third-order valence-electron chi connectivity index (χ3n) is 4.35. The number of rotatable bonds is 11. The number of sulfonamides is 1. The van der Waals surface area contributed by atoms with Crippen LogP contribution in [0.25, 0.3) is 0 Å². The van der Waals surface area contributed by atoms with Crippen LogP contribution >= 0.6 is 0 Å². The van der Waals surface area contributed by atoms with E-state index in [0.717, 1.165) is 12.5 Å². The summed E-state index contributed by atoms with van der Waals surface area (Å²) in [5, 5.41) is 10.7. The van der Waals surface area contributed by atoms with E-state index >= 15 is 0 Å². The minimum absolute atomic E-state index is 0.0156. The first-order valence-electron chi connectivity index (χ1n) is 9.41. The summed E-state index contributed by atoms with van der Waals surface area (Å²) in [5.41, 5.74) is 0.440. The van der Waals surface area contributed by atoms with Gasteiger partial charge < -0.3 is 14.4 Å². The predicted molar refractivity (Wildman–Crippen MR) is 112 cm³/mol. The fourth-order valence-corrected chi connectivity index (χ4v) is 4.12. The van der Waals surface area contributed by atoms with Gasteiger partial charge in [0.2, 0.25) is 10.0 Å². The summed E-state index contributed by atoms with van der Waals surface area (Å²) in [5.74, 6) is 0. The van der Waals surface area contributed by atoms with Gasteiger partial charge in [-0.15, -0.1) is 0 Å². The van der Waals surface area contributed by atoms with Gasteiger partial charge in [0.15, 0.2) is 0 Å². The van der Waals surface area contributed by atoms with Crippen molar-refractivity contribution >= 4 is 31.9 Å². The number of benzene rings is 1. The van der Waals surface area contributed by atoms with Crippen molar-refractivity contribution in [1.82, 2.24) is 9.62 Å². The number of hydrogen-bond acceptors (Lipinski definition) is 10. The van der Waals surface area contributed by atoms with Gasteiger partial charge in [0, 0.05) is 18.7 Å². The Morgan fingerprint density at radius 2 is 1.88 bits per heavy atom. The van der Waals surface area contributed by atoms with E-state index in [9.17, 15) is 31.7 Å². The van der Waals surface area contributed by atoms with Crippen molar-refractivity contribution in [2.24, 2.45) is 0 Å². The molecule has 32 heavy (non-hydrogen) atoms. The highest BCUT2D eigenvalue weighted by Crippen LogP contribution is 2.23. The standard InChI is InChI=1S/C17H25N3O10S2/c1-31(24,25)18-7-8-28-12-15-9-16(30-32(2,26)27)10-19(15)17(21)29-11-13-3-5-14(6-4-13)20(22)23/h3-6,15-16,18H,7-12H2,1-2H3/t15-,16+/m0/s1. The third kappa shape index (κ3) is 9.04. The highest BCUT2D eigenvalue weighted by molar-refractivity contribution is 7.88. The minimum atomic E-state index is -3.74. The largest absolute Gasteiger partial charge is 0.445 e. The fourth-order valence-electron chi connectivity index (χ4n) is 3.03. The maximum Gasteiger partial charge on any atom is 0.410 e. The van der Waals surface area contributed by atoms with Gasteiger partial charge in [-0.25, -0.2) is 17.9 Å². The first kappa shape index (κ1) is 25.9. The molecule has 2 atom stereocenters. The highest BCUT2D eigenvalue weighted by Gasteiger charge is 2.38. The molecule has 0 radical (unpaired) electrons. The molecule has 13 nitrogen and oxygen atoms in total. The second kappa shape index (κ2) is 11.0. The quantitative estimate of drug-likeness (QED) is 0.194. The molecule has 0 aromatic heterocycles. The number of carbonyl (C=O) groups excluding carboxylic acids is 1. The smallest absolute Gasteiger partial charge is 0.410 e. The monoisotopic (exact) mass is 495 g/mol. The molecule has 1 aromatic carbocycles. The van der Waals surface area contributed by atoms with Gasteiger partial charge in [0.25, 0.3) is 15.8 Å². The molecule has 1 heterocycles. The van der Waals surface area contributed by atoms with Gasteiger partial charge in [0.05, 0.1) is 49.3 Å². The molecule has 1 N–H and O–H groups in total. The highest BCUT2D eigenvalue weighted by atomic mass is 32.2. The van der Waals surface area contributed by atoms with Crippen molar-refractivity contribution < 1.29 is 40.2 Å². The van der Waals surface area contributed by atoms with Crippen LogP contribution in [0, 0.1) is 10.1 Å². The Kier molecular flexibility index (Phi) is 8.91. The maximum absolute atomic E-state index is 12.6. The lowest BCUT2D eigenvalue weighted by atomic mass is 10.2. The van der Waals surface area contributed by atoms with E-state index in [1.807, 2.05) is 0 Å². The summed E-state index contributed by atoms with van der Waals surface area (Å²) in [6.45, 7) is -0.0769. The summed E-state index contributed by atoms with van der Waals surface area (Å²) in [6.07, 6.45) is 0.592. The van der Waals surface area contributed by atoms with E-state index in [4.69, 9.17) is 13.7 Å². The molecule has 1 amide bonds. The number of nitro benzene ring substituents is 1. The van der Waals surface area contributed by atoms with E-state index in [1.165, 1.54) is 29.2 Å². The molecule has 0 aliphatic carbocycles. The van der Waals surface area contributed by atoms with Crippen molar-refractivity contribution in [1.29, 1.82) is 0 Å². The number of nitrogens with one attached hydrogen (secondary N) is 1. The number of ether oxygens (including phenoxy) is 2. The van der Waals surface area contributed by atoms with Crippen LogP contribution in [0.15, 0.2) is 24.3 Å². The number of hydrogen-bond donors (Lipinski definition) is 1. The molecule has 1 aliphatic heterocycles. The van der Waals surface area contributed by atoms with E-state index in [-0.39, 0.29) is 45.0 Å². The first-order valence-corrected chi connectivity index (χ1v) is 13.1. The topological polar surface area (TPSA) is 171 Å². The van der Waals surface area contributed by atoms with E-state index in [0.29, 0.717) is 5.56 Å². The number of nitrogens with zero attached hydrogens (tertiary/aromatic N) is 2. The number of nitro groups is 1. The Labute approximate surface area is 185 Å². The number of likely N-dealkylation sites (tertiary alicyclic amines) is 1. The molecule has 1 fully saturated rings. The lowest BCUT2D eigenvalue weighted by Gasteiger charge is -2.23. The molecule has 15 heteroatoms. The third-order valence-corrected chi connectivity index (χ3v) is 5.70. The van der Waals surface area contributed by atoms with Crippen LogP contribution in [0.4, 0.5) is 10.5 Å². The molecular weight excluding hydrogens is 470 g/mol. The van der Waals surface area contributed by atoms with Crippen molar-refractivity contribution in [2.75, 3.05) is 38.8 Å². The molecule has 0 unspecified atom stereocenters. The molecule has 180 valence electrons. The van der Waals surface area contributed by atoms with Crippen molar-refractivity contribution in [3.8, 4) is 0 Å². The van der Waals surface area contributed by atoms with Gasteiger partial charge in [-0.05, 0) is 24.1 Å². The molecule has 1 aromatic rings. The van der Waals surface area contributed by atoms with Crippen LogP contribution in [0.5, 0.6) is 0 Å². The summed E-state index contributed by atoms with van der Waals surface area (Å²) in [7, 11) is -7.10. The van der Waals surface area contributed by atoms with Crippen molar-refractivity contribution in [3.05, 3.63) is 39.9 Å². The summed E-state index contributed by atoms with van der Waals surface area (Å²) in [6, 6.07) is 4.94. The van der Waals surface area contributed by atoms with Gasteiger partial charge >= 0.3 is 6.09 Å². The first-order chi connectivity index (χ1) is 14.8. The lowest BCUT2D eigenvalue weighted by Crippen LogP contribution is -2.39. The zero-order valence-electron chi connectivity index (χ0n) is 17.5. The van der Waals surface area contributed by atoms with Crippen molar-refractivity contribution in [3.63, 3.8) is 0 Å². The van der Waals surface area contributed by atoms with Crippen LogP contribution in [0.1, 0.15) is 12.0 Å². The molecule has 0 bridgehead atoms. The molecule has 0 saturated carbocycles. The zero-order chi connectivity index (χ0) is 23.9. The fraction of sp³-hybridized carbons (Fsp3) is 0.588. The van der Waals surface area contributed by atoms with E-state index < -0.39 is 43.3 Å². The average Bonchev–Trinajstić information content (AvgIpc) is 3.06. The van der Waals surface area contributed by atoms with Gasteiger partial charge in [0.1, 0.15) is 6.61 Å². The number of non-ortho nitro benzene ring substituents is 1. The summed E-state index contributed by atoms with van der Waals surface area (Å²) < 4.78 is 63.0. The Bertz CT molecular complexity index is 1010. The van der Waals surface area contributed by atoms with Crippen molar-refractivity contribution in [2.45, 2.75) is 25.2 Å². The van der Waals surface area contributed by atoms with Crippen LogP contribution in [0.3, 0.4) is 0 Å². The minimum Gasteiger partial charge on any atom is -0.445 e. The Balaban J connectivity index is 1.94. The van der Waals surface area contributed by atoms with Gasteiger partial charge in [-0.2, -0.15) is 8.42 Å². The molecule has 0 spiro atoms. The Morgan fingerprint density at radius 3 is 2.44 bits per heavy atom. The normalized spacial score (nSPS) is 19.1. The molecular formula is C17H25N3O10S2. The summed E-state index contributed by atoms with van der Waals surface area (Å²) in [4.78, 5) is 24.0. The second-order valence-corrected chi connectivity index (χ2v) is 10.6. The summed E-state index contributed by atoms with van der Waals surface area (Å²) >= 11 is 0. The molecule has 1 saturated heterocycles. The van der Waals surface area contributed by atoms with Crippen LogP contribution in [0.2, 0.25) is 0 Å². The molecule has 2 rings (SSSR count). The SMILES string of the molecule is CS(=O)(=O)NCCOC[C@@H]1C[C@@H](OS(C)(=O)=O)CN1C(=O)OCc1ccc([N+](=O)[O-])cc1. The van der Waals surface area contributed by atoms with Gasteiger partial charge in [-0.1, -0.05) is 0 Å². The van der Waals surface area contributed by atoms with E-state index in [1.54, 1.807) is 0 Å². The number of amides is 1. The zero-order valence-corrected chi connectivity index (χ0v) is 19.1. The van der Waals surface area contributed by atoms with E-state index in [2.05, 4.69) is 4.72 Å². The van der Waals surface area contributed by atoms with Crippen LogP contribution in [-0.4, -0.2) is 83.7 Å². The molecule has 1 aliphatic rings. The maximum atomic E-state index is 12.6. The Hall–Kier alpha value is -2.33. The number of carbonyl (C=O) groups is 1. The predicted octanol–water partition coefficient (Wildman–Crippen LogP) is 0.216.